The number of carboxylic acid groups (broad SMARTS) is 2. The van der Waals surface area contributed by atoms with Gasteiger partial charge < -0.3 is 14.9 Å². The molecule has 2 aromatic heterocycles. The van der Waals surface area contributed by atoms with Crippen LogP contribution in [0.4, 0.5) is 0 Å². The van der Waals surface area contributed by atoms with Gasteiger partial charge >= 0.3 is 17.9 Å². The summed E-state index contributed by atoms with van der Waals surface area (Å²) in [4.78, 5) is 42.5. The van der Waals surface area contributed by atoms with Gasteiger partial charge in [0, 0.05) is 18.8 Å². The number of hydrogen-bond donors (Lipinski definition) is 2. The molecule has 0 aliphatic carbocycles. The second-order valence-electron chi connectivity index (χ2n) is 5.82. The van der Waals surface area contributed by atoms with Crippen LogP contribution in [0, 0.1) is 0 Å². The summed E-state index contributed by atoms with van der Waals surface area (Å²) in [6.45, 7) is 1.81. The number of esters is 1. The van der Waals surface area contributed by atoms with E-state index in [9.17, 15) is 14.4 Å². The Morgan fingerprint density at radius 3 is 2.33 bits per heavy atom. The van der Waals surface area contributed by atoms with Crippen molar-refractivity contribution in [2.75, 3.05) is 6.61 Å². The number of aromatic nitrogens is 2. The fourth-order valence-corrected chi connectivity index (χ4v) is 2.58. The first-order valence-electron chi connectivity index (χ1n) is 8.42. The zero-order chi connectivity index (χ0) is 19.8. The highest BCUT2D eigenvalue weighted by molar-refractivity contribution is 5.84. The van der Waals surface area contributed by atoms with E-state index < -0.39 is 30.2 Å². The van der Waals surface area contributed by atoms with Crippen molar-refractivity contribution < 1.29 is 29.3 Å². The molecular weight excluding hydrogens is 352 g/mol. The average Bonchev–Trinajstić information content (AvgIpc) is 2.65. The van der Waals surface area contributed by atoms with E-state index in [4.69, 9.17) is 14.9 Å². The van der Waals surface area contributed by atoms with Gasteiger partial charge in [0.1, 0.15) is 0 Å². The van der Waals surface area contributed by atoms with Crippen LogP contribution in [-0.2, 0) is 25.5 Å². The van der Waals surface area contributed by atoms with E-state index in [1.807, 2.05) is 0 Å². The highest BCUT2D eigenvalue weighted by Gasteiger charge is 2.25. The van der Waals surface area contributed by atoms with Gasteiger partial charge in [-0.05, 0) is 48.7 Å². The van der Waals surface area contributed by atoms with Gasteiger partial charge in [-0.15, -0.1) is 0 Å². The number of hydrogen-bond acceptors (Lipinski definition) is 6. The monoisotopic (exact) mass is 372 g/mol. The van der Waals surface area contributed by atoms with Gasteiger partial charge in [0.15, 0.2) is 0 Å². The number of aliphatic carboxylic acids is 2. The second kappa shape index (κ2) is 9.42. The fourth-order valence-electron chi connectivity index (χ4n) is 2.58. The number of carbonyl (C=O) groups excluding carboxylic acids is 1. The summed E-state index contributed by atoms with van der Waals surface area (Å²) in [5.41, 5.74) is 2.24. The van der Waals surface area contributed by atoms with E-state index in [2.05, 4.69) is 9.97 Å². The van der Waals surface area contributed by atoms with E-state index in [0.29, 0.717) is 23.4 Å². The zero-order valence-corrected chi connectivity index (χ0v) is 14.8. The minimum atomic E-state index is -1.11. The maximum atomic E-state index is 12.2. The predicted octanol–water partition coefficient (Wildman–Crippen LogP) is 2.28. The second-order valence-corrected chi connectivity index (χ2v) is 5.82. The molecule has 8 nitrogen and oxygen atoms in total. The molecule has 0 saturated heterocycles. The summed E-state index contributed by atoms with van der Waals surface area (Å²) in [6.07, 6.45) is 3.00. The molecule has 1 atom stereocenters. The van der Waals surface area contributed by atoms with Crippen LogP contribution in [0.15, 0.2) is 36.7 Å². The third-order valence-electron chi connectivity index (χ3n) is 3.85. The Morgan fingerprint density at radius 1 is 1.04 bits per heavy atom. The number of carboxylic acids is 2. The van der Waals surface area contributed by atoms with Crippen LogP contribution in [0.3, 0.4) is 0 Å². The smallest absolute Gasteiger partial charge is 0.314 e. The highest BCUT2D eigenvalue weighted by atomic mass is 16.5. The van der Waals surface area contributed by atoms with Crippen molar-refractivity contribution in [1.82, 2.24) is 9.97 Å². The molecule has 0 aromatic carbocycles. The van der Waals surface area contributed by atoms with Crippen molar-refractivity contribution in [2.45, 2.75) is 32.1 Å². The van der Waals surface area contributed by atoms with E-state index >= 15 is 0 Å². The minimum absolute atomic E-state index is 0.000462. The van der Waals surface area contributed by atoms with Gasteiger partial charge in [-0.2, -0.15) is 0 Å². The van der Waals surface area contributed by atoms with E-state index in [1.165, 1.54) is 6.20 Å². The Balaban J connectivity index is 2.32. The SMILES string of the molecule is CCOC(=O)C(CC(=O)O)c1ccnc(-c2cc(CCC(=O)O)ccn2)c1. The molecule has 0 bridgehead atoms. The lowest BCUT2D eigenvalue weighted by atomic mass is 9.95. The van der Waals surface area contributed by atoms with Crippen LogP contribution >= 0.6 is 0 Å². The van der Waals surface area contributed by atoms with Crippen molar-refractivity contribution in [2.24, 2.45) is 0 Å². The topological polar surface area (TPSA) is 127 Å². The Hall–Kier alpha value is -3.29. The molecule has 0 fully saturated rings. The molecular formula is C19H20N2O6. The molecule has 2 N–H and O–H groups in total. The quantitative estimate of drug-likeness (QED) is 0.642. The molecule has 0 amide bonds. The number of aryl methyl sites for hydroxylation is 1. The normalized spacial score (nSPS) is 11.6. The molecule has 142 valence electrons. The maximum Gasteiger partial charge on any atom is 0.314 e. The first kappa shape index (κ1) is 20.0. The first-order valence-corrected chi connectivity index (χ1v) is 8.42. The number of ether oxygens (including phenoxy) is 1. The standard InChI is InChI=1S/C19H20N2O6/c1-2-27-19(26)14(11-18(24)25)13-6-8-21-16(10-13)15-9-12(5-7-20-15)3-4-17(22)23/h5-10,14H,2-4,11H2,1H3,(H,22,23)(H,24,25). The number of pyridine rings is 2. The minimum Gasteiger partial charge on any atom is -0.481 e. The van der Waals surface area contributed by atoms with Gasteiger partial charge in [-0.3, -0.25) is 24.4 Å². The van der Waals surface area contributed by atoms with Crippen LogP contribution in [0.2, 0.25) is 0 Å². The molecule has 2 rings (SSSR count). The lowest BCUT2D eigenvalue weighted by molar-refractivity contribution is -0.149. The molecule has 0 radical (unpaired) electrons. The first-order chi connectivity index (χ1) is 12.9. The predicted molar refractivity (Wildman–Crippen MR) is 95.1 cm³/mol. The molecule has 0 aliphatic rings. The summed E-state index contributed by atoms with van der Waals surface area (Å²) in [7, 11) is 0. The van der Waals surface area contributed by atoms with Crippen molar-refractivity contribution in [3.63, 3.8) is 0 Å². The van der Waals surface area contributed by atoms with Gasteiger partial charge in [0.05, 0.1) is 30.3 Å². The number of nitrogens with zero attached hydrogens (tertiary/aromatic N) is 2. The summed E-state index contributed by atoms with van der Waals surface area (Å²) < 4.78 is 4.98. The third-order valence-corrected chi connectivity index (χ3v) is 3.85. The summed E-state index contributed by atoms with van der Waals surface area (Å²) in [6, 6.07) is 6.63. The zero-order valence-electron chi connectivity index (χ0n) is 14.8. The van der Waals surface area contributed by atoms with Crippen LogP contribution in [-0.4, -0.2) is 44.7 Å². The number of rotatable bonds is 9. The van der Waals surface area contributed by atoms with Crippen LogP contribution in [0.1, 0.15) is 36.8 Å². The molecule has 8 heteroatoms. The van der Waals surface area contributed by atoms with Crippen LogP contribution in [0.25, 0.3) is 11.4 Å². The fraction of sp³-hybridized carbons (Fsp3) is 0.316. The van der Waals surface area contributed by atoms with E-state index in [0.717, 1.165) is 5.56 Å². The summed E-state index contributed by atoms with van der Waals surface area (Å²) in [5.74, 6) is -3.56. The molecule has 2 heterocycles. The van der Waals surface area contributed by atoms with Gasteiger partial charge in [0.2, 0.25) is 0 Å². The Bertz CT molecular complexity index is 836. The van der Waals surface area contributed by atoms with Crippen molar-refractivity contribution in [3.05, 3.63) is 47.8 Å². The maximum absolute atomic E-state index is 12.2. The molecule has 0 aliphatic heterocycles. The van der Waals surface area contributed by atoms with Gasteiger partial charge in [-0.1, -0.05) is 0 Å². The van der Waals surface area contributed by atoms with Crippen molar-refractivity contribution in [3.8, 4) is 11.4 Å². The highest BCUT2D eigenvalue weighted by Crippen LogP contribution is 2.25. The van der Waals surface area contributed by atoms with Crippen molar-refractivity contribution >= 4 is 17.9 Å². The van der Waals surface area contributed by atoms with Crippen molar-refractivity contribution in [1.29, 1.82) is 0 Å². The largest absolute Gasteiger partial charge is 0.481 e. The molecule has 0 saturated carbocycles. The van der Waals surface area contributed by atoms with E-state index in [-0.39, 0.29) is 13.0 Å². The number of carbonyl (C=O) groups is 3. The van der Waals surface area contributed by atoms with E-state index in [1.54, 1.807) is 37.4 Å². The molecule has 0 spiro atoms. The van der Waals surface area contributed by atoms with Crippen LogP contribution < -0.4 is 0 Å². The molecule has 27 heavy (non-hydrogen) atoms. The Labute approximate surface area is 155 Å². The summed E-state index contributed by atoms with van der Waals surface area (Å²) in [5, 5.41) is 17.9. The average molecular weight is 372 g/mol. The lowest BCUT2D eigenvalue weighted by Gasteiger charge is -2.14. The third kappa shape index (κ3) is 5.88. The van der Waals surface area contributed by atoms with Gasteiger partial charge in [-0.25, -0.2) is 0 Å². The lowest BCUT2D eigenvalue weighted by Crippen LogP contribution is -2.19. The molecule has 1 unspecified atom stereocenters. The Morgan fingerprint density at radius 2 is 1.70 bits per heavy atom. The Kier molecular flexibility index (Phi) is 6.99. The van der Waals surface area contributed by atoms with Crippen LogP contribution in [0.5, 0.6) is 0 Å². The molecule has 2 aromatic rings. The van der Waals surface area contributed by atoms with Gasteiger partial charge in [0.25, 0.3) is 0 Å². The summed E-state index contributed by atoms with van der Waals surface area (Å²) >= 11 is 0.